The Bertz CT molecular complexity index is 881. The summed E-state index contributed by atoms with van der Waals surface area (Å²) in [4.78, 5) is 27.7. The second kappa shape index (κ2) is 11.3. The smallest absolute Gasteiger partial charge is 0.258 e. The Balaban J connectivity index is 1.62. The number of carbonyl (C=O) groups is 2. The summed E-state index contributed by atoms with van der Waals surface area (Å²) < 4.78 is 0. The van der Waals surface area contributed by atoms with E-state index >= 15 is 0 Å². The van der Waals surface area contributed by atoms with Crippen LogP contribution in [-0.4, -0.2) is 24.4 Å². The van der Waals surface area contributed by atoms with Crippen molar-refractivity contribution >= 4 is 29.1 Å². The van der Waals surface area contributed by atoms with Gasteiger partial charge in [0.25, 0.3) is 5.91 Å². The number of hydrogen-bond acceptors (Lipinski definition) is 2. The van der Waals surface area contributed by atoms with E-state index < -0.39 is 0 Å². The molecule has 0 unspecified atom stereocenters. The van der Waals surface area contributed by atoms with Gasteiger partial charge in [-0.3, -0.25) is 9.59 Å². The van der Waals surface area contributed by atoms with E-state index in [0.29, 0.717) is 17.0 Å². The molecule has 5 heteroatoms. The van der Waals surface area contributed by atoms with Gasteiger partial charge in [0.2, 0.25) is 5.91 Å². The Hall–Kier alpha value is -2.33. The lowest BCUT2D eigenvalue weighted by molar-refractivity contribution is -0.121. The van der Waals surface area contributed by atoms with Crippen molar-refractivity contribution in [3.63, 3.8) is 0 Å². The zero-order valence-corrected chi connectivity index (χ0v) is 19.3. The lowest BCUT2D eigenvalue weighted by atomic mass is 9.92. The van der Waals surface area contributed by atoms with Crippen molar-refractivity contribution in [2.24, 2.45) is 0 Å². The quantitative estimate of drug-likeness (QED) is 0.438. The van der Waals surface area contributed by atoms with Crippen LogP contribution in [0.25, 0.3) is 0 Å². The van der Waals surface area contributed by atoms with Crippen LogP contribution in [0.4, 0.5) is 5.69 Å². The van der Waals surface area contributed by atoms with Crippen LogP contribution in [0.2, 0.25) is 5.02 Å². The van der Waals surface area contributed by atoms with Crippen LogP contribution in [0.1, 0.15) is 80.6 Å². The van der Waals surface area contributed by atoms with Gasteiger partial charge in [0.1, 0.15) is 0 Å². The minimum Gasteiger partial charge on any atom is -0.356 e. The molecule has 1 N–H and O–H groups in total. The zero-order valence-electron chi connectivity index (χ0n) is 18.6. The number of rotatable bonds is 10. The van der Waals surface area contributed by atoms with Gasteiger partial charge in [-0.25, -0.2) is 0 Å². The monoisotopic (exact) mass is 440 g/mol. The predicted molar refractivity (Wildman–Crippen MR) is 128 cm³/mol. The molecule has 1 aliphatic heterocycles. The Morgan fingerprint density at radius 1 is 0.968 bits per heavy atom. The first-order chi connectivity index (χ1) is 15.0. The average molecular weight is 441 g/mol. The molecule has 2 amide bonds. The molecular weight excluding hydrogens is 408 g/mol. The van der Waals surface area contributed by atoms with Gasteiger partial charge in [0.15, 0.2) is 0 Å². The zero-order chi connectivity index (χ0) is 22.2. The van der Waals surface area contributed by atoms with Crippen LogP contribution in [0.5, 0.6) is 0 Å². The van der Waals surface area contributed by atoms with Gasteiger partial charge in [-0.15, -0.1) is 0 Å². The van der Waals surface area contributed by atoms with E-state index in [1.165, 1.54) is 25.7 Å². The Morgan fingerprint density at radius 3 is 2.39 bits per heavy atom. The third-order valence-corrected chi connectivity index (χ3v) is 6.41. The molecule has 2 atom stereocenters. The first-order valence-electron chi connectivity index (χ1n) is 11.5. The Kier molecular flexibility index (Phi) is 8.53. The van der Waals surface area contributed by atoms with Gasteiger partial charge in [0, 0.05) is 41.2 Å². The van der Waals surface area contributed by atoms with Crippen LogP contribution < -0.4 is 10.2 Å². The van der Waals surface area contributed by atoms with E-state index in [9.17, 15) is 9.59 Å². The molecule has 0 radical (unpaired) electrons. The molecule has 1 heterocycles. The molecule has 2 aromatic rings. The number of hydrogen-bond donors (Lipinski definition) is 1. The van der Waals surface area contributed by atoms with Crippen molar-refractivity contribution < 1.29 is 9.59 Å². The minimum absolute atomic E-state index is 0.0167. The third kappa shape index (κ3) is 5.88. The lowest BCUT2D eigenvalue weighted by Crippen LogP contribution is -2.38. The van der Waals surface area contributed by atoms with Crippen molar-refractivity contribution in [3.05, 3.63) is 64.7 Å². The van der Waals surface area contributed by atoms with Gasteiger partial charge in [-0.05, 0) is 49.2 Å². The fraction of sp³-hybridized carbons (Fsp3) is 0.462. The van der Waals surface area contributed by atoms with Gasteiger partial charge in [-0.1, -0.05) is 68.8 Å². The van der Waals surface area contributed by atoms with E-state index in [1.54, 1.807) is 24.3 Å². The Morgan fingerprint density at radius 2 is 1.65 bits per heavy atom. The summed E-state index contributed by atoms with van der Waals surface area (Å²) in [6.45, 7) is 4.97. The highest BCUT2D eigenvalue weighted by Crippen LogP contribution is 2.43. The number of anilines is 1. The molecule has 0 spiro atoms. The second-order valence-electron chi connectivity index (χ2n) is 8.41. The standard InChI is InChI=1S/C26H33ClN2O2/c1-3-4-5-6-7-10-17-28-25(30)18-23-19(2)29(24-12-9-8-11-22(23)24)26(31)20-13-15-21(27)16-14-20/h8-9,11-16,19,23H,3-7,10,17-18H2,1-2H3,(H,28,30)/t19-,23+/m1/s1. The first-order valence-corrected chi connectivity index (χ1v) is 11.9. The third-order valence-electron chi connectivity index (χ3n) is 6.15. The number of benzene rings is 2. The largest absolute Gasteiger partial charge is 0.356 e. The number of nitrogens with one attached hydrogen (secondary N) is 1. The lowest BCUT2D eigenvalue weighted by Gasteiger charge is -2.25. The molecular formula is C26H33ClN2O2. The Labute approximate surface area is 191 Å². The molecule has 2 aromatic carbocycles. The molecule has 0 fully saturated rings. The number of para-hydroxylation sites is 1. The summed E-state index contributed by atoms with van der Waals surface area (Å²) >= 11 is 5.98. The fourth-order valence-electron chi connectivity index (χ4n) is 4.39. The minimum atomic E-state index is -0.0969. The molecule has 166 valence electrons. The van der Waals surface area contributed by atoms with Gasteiger partial charge >= 0.3 is 0 Å². The van der Waals surface area contributed by atoms with E-state index in [0.717, 1.165) is 30.6 Å². The summed E-state index contributed by atoms with van der Waals surface area (Å²) in [7, 11) is 0. The number of halogens is 1. The molecule has 31 heavy (non-hydrogen) atoms. The summed E-state index contributed by atoms with van der Waals surface area (Å²) in [5.41, 5.74) is 2.55. The van der Waals surface area contributed by atoms with Crippen molar-refractivity contribution in [2.45, 2.75) is 70.8 Å². The summed E-state index contributed by atoms with van der Waals surface area (Å²) in [6, 6.07) is 14.8. The molecule has 3 rings (SSSR count). The summed E-state index contributed by atoms with van der Waals surface area (Å²) in [6.07, 6.45) is 7.61. The number of fused-ring (bicyclic) bond motifs is 1. The van der Waals surface area contributed by atoms with Crippen LogP contribution in [0, 0.1) is 0 Å². The molecule has 0 aliphatic carbocycles. The number of unbranched alkanes of at least 4 members (excludes halogenated alkanes) is 5. The van der Waals surface area contributed by atoms with Gasteiger partial charge in [-0.2, -0.15) is 0 Å². The first kappa shape index (κ1) is 23.3. The van der Waals surface area contributed by atoms with Crippen molar-refractivity contribution in [1.29, 1.82) is 0 Å². The van der Waals surface area contributed by atoms with E-state index in [-0.39, 0.29) is 23.8 Å². The topological polar surface area (TPSA) is 49.4 Å². The molecule has 0 aromatic heterocycles. The van der Waals surface area contributed by atoms with Crippen molar-refractivity contribution in [2.75, 3.05) is 11.4 Å². The van der Waals surface area contributed by atoms with Crippen molar-refractivity contribution in [3.8, 4) is 0 Å². The number of amides is 2. The van der Waals surface area contributed by atoms with E-state index in [2.05, 4.69) is 12.2 Å². The highest BCUT2D eigenvalue weighted by molar-refractivity contribution is 6.30. The maximum Gasteiger partial charge on any atom is 0.258 e. The molecule has 0 saturated carbocycles. The maximum atomic E-state index is 13.3. The second-order valence-corrected chi connectivity index (χ2v) is 8.85. The molecule has 1 aliphatic rings. The average Bonchev–Trinajstić information content (AvgIpc) is 3.04. The summed E-state index contributed by atoms with van der Waals surface area (Å²) in [5, 5.41) is 3.68. The van der Waals surface area contributed by atoms with Crippen LogP contribution in [-0.2, 0) is 4.79 Å². The van der Waals surface area contributed by atoms with E-state index in [4.69, 9.17) is 11.6 Å². The van der Waals surface area contributed by atoms with Crippen LogP contribution in [0.3, 0.4) is 0 Å². The fourth-order valence-corrected chi connectivity index (χ4v) is 4.52. The normalized spacial score (nSPS) is 17.5. The molecule has 0 saturated heterocycles. The van der Waals surface area contributed by atoms with Crippen LogP contribution >= 0.6 is 11.6 Å². The van der Waals surface area contributed by atoms with Gasteiger partial charge < -0.3 is 10.2 Å². The maximum absolute atomic E-state index is 13.3. The number of carbonyl (C=O) groups excluding carboxylic acids is 2. The molecule has 4 nitrogen and oxygen atoms in total. The van der Waals surface area contributed by atoms with Crippen LogP contribution in [0.15, 0.2) is 48.5 Å². The summed E-state index contributed by atoms with van der Waals surface area (Å²) in [5.74, 6) is -0.0235. The molecule has 0 bridgehead atoms. The van der Waals surface area contributed by atoms with Gasteiger partial charge in [0.05, 0.1) is 0 Å². The SMILES string of the molecule is CCCCCCCCNC(=O)C[C@@H]1c2ccccc2N(C(=O)c2ccc(Cl)cc2)[C@@H]1C. The highest BCUT2D eigenvalue weighted by atomic mass is 35.5. The van der Waals surface area contributed by atoms with E-state index in [1.807, 2.05) is 36.1 Å². The highest BCUT2D eigenvalue weighted by Gasteiger charge is 2.39. The predicted octanol–water partition coefficient (Wildman–Crippen LogP) is 6.34. The van der Waals surface area contributed by atoms with Crippen molar-refractivity contribution in [1.82, 2.24) is 5.32 Å². The number of nitrogens with zero attached hydrogens (tertiary/aromatic N) is 1.